The number of aryl methyl sites for hydroxylation is 10. The maximum absolute atomic E-state index is 12.5. The summed E-state index contributed by atoms with van der Waals surface area (Å²) in [7, 11) is 5.67. The second kappa shape index (κ2) is 44.1. The van der Waals surface area contributed by atoms with Gasteiger partial charge < -0.3 is 75.1 Å². The first kappa shape index (κ1) is 98.6. The molecule has 20 nitrogen and oxygen atoms in total. The number of nitrogens with zero attached hydrogens (tertiary/aromatic N) is 5. The first-order valence-electron chi connectivity index (χ1n) is 50.6. The predicted molar refractivity (Wildman–Crippen MR) is 609 cm³/mol. The number of hydrogen-bond acceptors (Lipinski definition) is 10. The number of amides is 1. The average Bonchev–Trinajstić information content (AvgIpc) is 1.61. The van der Waals surface area contributed by atoms with Gasteiger partial charge in [-0.2, -0.15) is 0 Å². The Bertz CT molecular complexity index is 8070. The molecule has 6 atom stereocenters. The van der Waals surface area contributed by atoms with Crippen molar-refractivity contribution in [3.63, 3.8) is 0 Å². The Morgan fingerprint density at radius 3 is 1.47 bits per heavy atom. The zero-order valence-electron chi connectivity index (χ0n) is 81.6. The summed E-state index contributed by atoms with van der Waals surface area (Å²) < 4.78 is 15.7. The number of benzene rings is 8. The van der Waals surface area contributed by atoms with Crippen LogP contribution in [0.3, 0.4) is 0 Å². The highest BCUT2D eigenvalue weighted by Gasteiger charge is 2.34. The second-order valence-electron chi connectivity index (χ2n) is 38.8. The standard InChI is InChI=1S/C17H16BrN3OS.C16H15BrN2O.C16H17N3.C16H16N2.C13H13BrN2O.C13H15BrN2.C13H12BrN.C13H15ClN2/c1-9-16(23-8-19-9)17(22)21-14-4-2-3-11-12-7-10(18)5-6-13(12)20-15(11)14;1-9-8-18-16(20-9)12-4-2-3-11-13-7-10(17)5-6-14(13)19-15(11)12;1-2-8-14-12(6-1)13-7-5-9-15(16(13)17-14)18-19-10-3-4-11-19;1-2-8-14-12(6-1)13-7-5-9-15(16(13)17-14)18-10-3-4-11-18;1-17-16-11-7-3-5-9-8-4-2-6-10(14)12(8)15-13(9)11;1-15-11-7-3-5-9-8-4-2-6-10(14)12(8)16-13(9)11;1-8-4-2-5-9-10-6-3-7-11(14)13(10)15-12(8)9;1-15-12-4-2-3-9-10-7-8(14)5-6-11(10)16-13(9)12/h5-8,14,20H,2-4H2,1H3,(H,21,22);5-8,12,19H,2-4H2,1H3;1-4,6,8,10-11,15,17-18H,5,7,9H2;1-4,6,8,10-11,15,17H,5,7,9H2;2,4,6,15H,3,5,7H2,1H3;2,4,6,11,15-16H,3,5,7H2,1H3;3,6-7,15H,1-2,4-5H2;5-7,12,15-16H,2-4H2,1H3/b;;;;16-11+;;;. The number of rotatable bonds is 9. The van der Waals surface area contributed by atoms with E-state index in [0.29, 0.717) is 29.0 Å². The van der Waals surface area contributed by atoms with Gasteiger partial charge in [0.15, 0.2) is 0 Å². The van der Waals surface area contributed by atoms with Gasteiger partial charge in [0.05, 0.1) is 63.7 Å². The van der Waals surface area contributed by atoms with E-state index in [1.165, 1.54) is 262 Å². The van der Waals surface area contributed by atoms with Gasteiger partial charge in [-0.05, 0) is 389 Å². The van der Waals surface area contributed by atoms with Crippen molar-refractivity contribution in [3.05, 3.63) is 365 Å². The third-order valence-electron chi connectivity index (χ3n) is 30.1. The maximum atomic E-state index is 12.5. The van der Waals surface area contributed by atoms with Crippen LogP contribution in [0.1, 0.15) is 256 Å². The molecule has 12 aromatic heterocycles. The highest BCUT2D eigenvalue weighted by molar-refractivity contribution is 9.11. The molecule has 6 unspecified atom stereocenters. The van der Waals surface area contributed by atoms with Crippen molar-refractivity contribution in [3.8, 4) is 0 Å². The number of oxazole rings is 1. The Morgan fingerprint density at radius 1 is 0.444 bits per heavy atom. The molecule has 0 saturated carbocycles. The van der Waals surface area contributed by atoms with Crippen molar-refractivity contribution in [1.82, 2.24) is 75.0 Å². The topological polar surface area (TPSA) is 262 Å². The normalized spacial score (nSPS) is 18.2. The monoisotopic (exact) mass is 2270 g/mol. The number of aromatic nitrogens is 12. The molecule has 0 bridgehead atoms. The van der Waals surface area contributed by atoms with Crippen LogP contribution in [0.25, 0.3) is 92.8 Å². The number of fused-ring (bicyclic) bond motifs is 24. The zero-order valence-corrected chi connectivity index (χ0v) is 91.1. The minimum absolute atomic E-state index is 0.0253. The number of nitrogens with one attached hydrogen (secondary N) is 12. The molecular weight excluding hydrogens is 2160 g/mol. The van der Waals surface area contributed by atoms with Crippen molar-refractivity contribution < 1.29 is 14.0 Å². The Morgan fingerprint density at radius 2 is 0.889 bits per heavy atom. The van der Waals surface area contributed by atoms with Gasteiger partial charge in [-0.25, -0.2) is 9.97 Å². The van der Waals surface area contributed by atoms with Crippen molar-refractivity contribution in [2.45, 2.75) is 204 Å². The number of oxime groups is 1. The smallest absolute Gasteiger partial charge is 0.263 e. The molecular formula is C117H119Br5ClN17O3S. The summed E-state index contributed by atoms with van der Waals surface area (Å²) >= 11 is 25.3. The molecule has 738 valence electrons. The minimum Gasteiger partial charge on any atom is -0.445 e. The fraction of sp³-hybridized carbons (Fsp3) is 0.299. The molecule has 8 aliphatic rings. The van der Waals surface area contributed by atoms with Crippen LogP contribution in [-0.4, -0.2) is 91.9 Å². The molecule has 0 spiro atoms. The summed E-state index contributed by atoms with van der Waals surface area (Å²) in [6.45, 7) is 7.95. The molecule has 12 N–H and O–H groups in total. The van der Waals surface area contributed by atoms with E-state index < -0.39 is 0 Å². The van der Waals surface area contributed by atoms with E-state index in [2.05, 4.69) is 350 Å². The Hall–Kier alpha value is -11.4. The molecule has 1 amide bonds. The molecule has 8 aromatic carbocycles. The summed E-state index contributed by atoms with van der Waals surface area (Å²) in [6, 6.07) is 65.3. The van der Waals surface area contributed by atoms with Crippen LogP contribution in [0.2, 0.25) is 5.02 Å². The third kappa shape index (κ3) is 20.4. The molecule has 144 heavy (non-hydrogen) atoms. The highest BCUT2D eigenvalue weighted by atomic mass is 79.9. The summed E-state index contributed by atoms with van der Waals surface area (Å²) in [4.78, 5) is 55.1. The fourth-order valence-corrected chi connectivity index (χ4v) is 26.3. The van der Waals surface area contributed by atoms with Gasteiger partial charge in [0.1, 0.15) is 23.5 Å². The predicted octanol–water partition coefficient (Wildman–Crippen LogP) is 31.5. The Labute approximate surface area is 888 Å². The lowest BCUT2D eigenvalue weighted by Crippen LogP contribution is -2.30. The number of hydrogen-bond donors (Lipinski definition) is 12. The van der Waals surface area contributed by atoms with E-state index in [4.69, 9.17) is 20.9 Å². The van der Waals surface area contributed by atoms with Gasteiger partial charge in [0, 0.05) is 175 Å². The van der Waals surface area contributed by atoms with Gasteiger partial charge in [-0.15, -0.1) is 11.3 Å². The number of para-hydroxylation sites is 5. The lowest BCUT2D eigenvalue weighted by molar-refractivity contribution is 0.0935. The number of carbonyl (C=O) groups excluding carboxylic acids is 1. The van der Waals surface area contributed by atoms with Gasteiger partial charge in [-0.3, -0.25) is 9.47 Å². The van der Waals surface area contributed by atoms with E-state index in [-0.39, 0.29) is 17.9 Å². The average molecular weight is 2280 g/mol. The molecule has 0 saturated heterocycles. The molecule has 0 fully saturated rings. The van der Waals surface area contributed by atoms with E-state index in [0.717, 1.165) is 137 Å². The number of allylic oxidation sites excluding steroid dienone is 1. The minimum atomic E-state index is -0.0253. The van der Waals surface area contributed by atoms with Gasteiger partial charge in [0.25, 0.3) is 5.91 Å². The van der Waals surface area contributed by atoms with Crippen LogP contribution in [-0.2, 0) is 56.2 Å². The summed E-state index contributed by atoms with van der Waals surface area (Å²) in [5.74, 6) is 1.96. The Balaban J connectivity index is 0.0000000973. The highest BCUT2D eigenvalue weighted by Crippen LogP contribution is 2.46. The van der Waals surface area contributed by atoms with Crippen molar-refractivity contribution in [2.75, 3.05) is 26.6 Å². The van der Waals surface area contributed by atoms with E-state index >= 15 is 0 Å². The molecule has 0 radical (unpaired) electrons. The molecule has 28 rings (SSSR count). The maximum Gasteiger partial charge on any atom is 0.263 e. The van der Waals surface area contributed by atoms with Crippen molar-refractivity contribution in [1.29, 1.82) is 0 Å². The quantitative estimate of drug-likeness (QED) is 0.0617. The SMILES string of the molecule is C=C1CCCc2c1[nH]c1c(Br)cccc21.CNC1CCCc2c1[nH]c1c(Br)cccc21.CNC1CCCc2c1[nH]c1ccc(Cl)cc21.CO/N=C1\CCCc2c1[nH]c1c(Br)cccc21.Cc1cnc(C2CCCc3c2[nH]c2ccc(Br)cc32)o1.Cc1ncsc1C(=O)NC1CCCc2c1[nH]c1ccc(Br)cc21.c1ccc2c3c([nH]c2c1)C(Nn1cccc1)CCC3.c1ccc2c3c([nH]c2c1)C(n1cccc1)CCC3. The zero-order chi connectivity index (χ0) is 98.8. The van der Waals surface area contributed by atoms with Crippen LogP contribution in [0.15, 0.2) is 257 Å². The van der Waals surface area contributed by atoms with Gasteiger partial charge >= 0.3 is 0 Å². The number of carbonyl (C=O) groups is 1. The van der Waals surface area contributed by atoms with Crippen molar-refractivity contribution >= 4 is 207 Å². The number of H-pyrrole nitrogens is 8. The lowest BCUT2D eigenvalue weighted by atomic mass is 9.86. The molecule has 8 aliphatic carbocycles. The van der Waals surface area contributed by atoms with Gasteiger partial charge in [-0.1, -0.05) is 128 Å². The number of thiazole rings is 1. The summed E-state index contributed by atoms with van der Waals surface area (Å²) in [5, 5.41) is 25.6. The summed E-state index contributed by atoms with van der Waals surface area (Å²) in [6.07, 6.45) is 38.1. The first-order chi connectivity index (χ1) is 70.4. The van der Waals surface area contributed by atoms with E-state index in [1.807, 2.05) is 63.1 Å². The number of halogens is 6. The van der Waals surface area contributed by atoms with Crippen LogP contribution in [0.5, 0.6) is 0 Å². The summed E-state index contributed by atoms with van der Waals surface area (Å²) in [5.41, 5.74) is 39.9. The van der Waals surface area contributed by atoms with E-state index in [1.54, 1.807) is 12.6 Å². The van der Waals surface area contributed by atoms with Crippen LogP contribution in [0.4, 0.5) is 0 Å². The Kier molecular flexibility index (Phi) is 30.2. The third-order valence-corrected chi connectivity index (χ3v) is 34.2. The van der Waals surface area contributed by atoms with E-state index in [9.17, 15) is 4.79 Å². The lowest BCUT2D eigenvalue weighted by Gasteiger charge is -2.25. The largest absolute Gasteiger partial charge is 0.445 e. The molecule has 12 heterocycles. The fourth-order valence-electron chi connectivity index (χ4n) is 23.3. The number of aromatic amines is 8. The van der Waals surface area contributed by atoms with Gasteiger partial charge in [0.2, 0.25) is 5.89 Å². The van der Waals surface area contributed by atoms with Crippen LogP contribution in [0, 0.1) is 13.8 Å². The first-order valence-corrected chi connectivity index (χ1v) is 55.9. The second-order valence-corrected chi connectivity index (χ2v) is 44.5. The molecule has 0 aliphatic heterocycles. The molecule has 27 heteroatoms. The van der Waals surface area contributed by atoms with Crippen LogP contribution >= 0.6 is 103 Å². The molecule has 20 aromatic rings. The van der Waals surface area contributed by atoms with Crippen molar-refractivity contribution in [2.24, 2.45) is 5.16 Å². The van der Waals surface area contributed by atoms with Crippen LogP contribution < -0.4 is 21.4 Å².